The van der Waals surface area contributed by atoms with Crippen molar-refractivity contribution in [2.75, 3.05) is 51.2 Å². The van der Waals surface area contributed by atoms with Crippen LogP contribution in [-0.2, 0) is 13.0 Å². The molecule has 0 radical (unpaired) electrons. The van der Waals surface area contributed by atoms with Gasteiger partial charge in [0.05, 0.1) is 17.2 Å². The normalized spacial score (nSPS) is 15.1. The Bertz CT molecular complexity index is 796. The molecule has 0 spiro atoms. The van der Waals surface area contributed by atoms with Gasteiger partial charge in [-0.25, -0.2) is 15.0 Å². The molecular weight excluding hydrogens is 509 g/mol. The van der Waals surface area contributed by atoms with Crippen LogP contribution in [0.2, 0.25) is 0 Å². The summed E-state index contributed by atoms with van der Waals surface area (Å²) in [6.07, 6.45) is 2.78. The van der Waals surface area contributed by atoms with Gasteiger partial charge >= 0.3 is 0 Å². The van der Waals surface area contributed by atoms with E-state index in [9.17, 15) is 0 Å². The lowest BCUT2D eigenvalue weighted by atomic mass is 10.2. The van der Waals surface area contributed by atoms with Crippen LogP contribution >= 0.6 is 35.3 Å². The van der Waals surface area contributed by atoms with E-state index in [1.165, 1.54) is 15.4 Å². The summed E-state index contributed by atoms with van der Waals surface area (Å²) in [5.74, 6) is 1.90. The van der Waals surface area contributed by atoms with Crippen molar-refractivity contribution in [1.29, 1.82) is 0 Å². The van der Waals surface area contributed by atoms with E-state index in [0.29, 0.717) is 6.54 Å². The molecule has 9 heteroatoms. The van der Waals surface area contributed by atoms with Crippen LogP contribution in [0.5, 0.6) is 0 Å². The Labute approximate surface area is 201 Å². The number of piperazine rings is 1. The molecule has 3 rings (SSSR count). The molecule has 1 fully saturated rings. The second-order valence-corrected chi connectivity index (χ2v) is 8.69. The van der Waals surface area contributed by atoms with Crippen LogP contribution in [0.1, 0.15) is 28.1 Å². The van der Waals surface area contributed by atoms with E-state index in [2.05, 4.69) is 64.3 Å². The number of nitrogens with zero attached hydrogens (tertiary/aromatic N) is 5. The first-order valence-electron chi connectivity index (χ1n) is 10.4. The van der Waals surface area contributed by atoms with E-state index >= 15 is 0 Å². The molecule has 1 aliphatic rings. The number of aromatic nitrogens is 2. The molecule has 30 heavy (non-hydrogen) atoms. The fourth-order valence-electron chi connectivity index (χ4n) is 3.30. The van der Waals surface area contributed by atoms with Crippen molar-refractivity contribution < 1.29 is 0 Å². The number of likely N-dealkylation sites (N-methyl/N-ethyl adjacent to an activating group) is 1. The predicted octanol–water partition coefficient (Wildman–Crippen LogP) is 2.82. The van der Waals surface area contributed by atoms with Crippen LogP contribution < -0.4 is 15.5 Å². The molecule has 0 atom stereocenters. The number of pyridine rings is 1. The molecule has 1 saturated heterocycles. The molecular formula is C21H34IN7S. The number of aryl methyl sites for hydroxylation is 2. The lowest BCUT2D eigenvalue weighted by Gasteiger charge is -2.34. The van der Waals surface area contributed by atoms with Gasteiger partial charge in [0.15, 0.2) is 5.96 Å². The summed E-state index contributed by atoms with van der Waals surface area (Å²) in [7, 11) is 2.17. The number of rotatable bonds is 7. The Balaban J connectivity index is 0.00000320. The van der Waals surface area contributed by atoms with Crippen molar-refractivity contribution >= 4 is 47.1 Å². The standard InChI is InChI=1S/C21H33N7S.HI/c1-5-22-21(24-10-8-19-26-16(2)17(3)29-19)25-15-18-7-6-9-23-20(18)28-13-11-27(4)12-14-28;/h6-7,9H,5,8,10-15H2,1-4H3,(H2,22,24,25);1H. The molecule has 2 aromatic heterocycles. The Morgan fingerprint density at radius 3 is 2.63 bits per heavy atom. The topological polar surface area (TPSA) is 68.7 Å². The molecule has 2 N–H and O–H groups in total. The number of halogens is 1. The van der Waals surface area contributed by atoms with Crippen LogP contribution in [0.25, 0.3) is 0 Å². The first-order chi connectivity index (χ1) is 14.1. The summed E-state index contributed by atoms with van der Waals surface area (Å²) >= 11 is 1.78. The molecule has 0 bridgehead atoms. The van der Waals surface area contributed by atoms with Gasteiger partial charge in [-0.05, 0) is 33.9 Å². The summed E-state index contributed by atoms with van der Waals surface area (Å²) in [6.45, 7) is 12.7. The van der Waals surface area contributed by atoms with E-state index in [-0.39, 0.29) is 24.0 Å². The fraction of sp³-hybridized carbons (Fsp3) is 0.571. The molecule has 7 nitrogen and oxygen atoms in total. The van der Waals surface area contributed by atoms with Crippen LogP contribution in [0, 0.1) is 13.8 Å². The zero-order chi connectivity index (χ0) is 20.6. The number of guanidine groups is 1. The van der Waals surface area contributed by atoms with Crippen molar-refractivity contribution in [2.24, 2.45) is 4.99 Å². The second-order valence-electron chi connectivity index (χ2n) is 7.40. The Morgan fingerprint density at radius 1 is 1.20 bits per heavy atom. The highest BCUT2D eigenvalue weighted by Crippen LogP contribution is 2.19. The maximum Gasteiger partial charge on any atom is 0.191 e. The van der Waals surface area contributed by atoms with Crippen LogP contribution in [0.3, 0.4) is 0 Å². The highest BCUT2D eigenvalue weighted by Gasteiger charge is 2.17. The van der Waals surface area contributed by atoms with Crippen LogP contribution in [-0.4, -0.2) is 67.1 Å². The molecule has 0 unspecified atom stereocenters. The van der Waals surface area contributed by atoms with E-state index in [4.69, 9.17) is 4.99 Å². The summed E-state index contributed by atoms with van der Waals surface area (Å²) in [5.41, 5.74) is 2.30. The average molecular weight is 544 g/mol. The molecule has 0 aliphatic carbocycles. The molecule has 2 aromatic rings. The zero-order valence-corrected chi connectivity index (χ0v) is 21.6. The summed E-state index contributed by atoms with van der Waals surface area (Å²) in [6, 6.07) is 4.13. The van der Waals surface area contributed by atoms with Gasteiger partial charge in [0.1, 0.15) is 5.82 Å². The Hall–Kier alpha value is -1.46. The number of aliphatic imine (C=N–C) groups is 1. The second kappa shape index (κ2) is 12.4. The van der Waals surface area contributed by atoms with Gasteiger partial charge in [-0.3, -0.25) is 0 Å². The minimum absolute atomic E-state index is 0. The quantitative estimate of drug-likeness (QED) is 0.318. The van der Waals surface area contributed by atoms with Crippen molar-refractivity contribution in [3.63, 3.8) is 0 Å². The SMILES string of the molecule is CCNC(=NCc1cccnc1N1CCN(C)CC1)NCCc1nc(C)c(C)s1.I. The maximum absolute atomic E-state index is 4.81. The minimum Gasteiger partial charge on any atom is -0.357 e. The average Bonchev–Trinajstić information content (AvgIpc) is 3.04. The summed E-state index contributed by atoms with van der Waals surface area (Å²) in [5, 5.41) is 7.95. The highest BCUT2D eigenvalue weighted by atomic mass is 127. The van der Waals surface area contributed by atoms with Crippen molar-refractivity contribution in [3.05, 3.63) is 39.5 Å². The van der Waals surface area contributed by atoms with Gasteiger partial charge in [0, 0.05) is 62.3 Å². The van der Waals surface area contributed by atoms with Gasteiger partial charge in [-0.15, -0.1) is 35.3 Å². The molecule has 0 saturated carbocycles. The van der Waals surface area contributed by atoms with E-state index < -0.39 is 0 Å². The molecule has 0 aromatic carbocycles. The first kappa shape index (κ1) is 24.8. The minimum atomic E-state index is 0. The number of anilines is 1. The Kier molecular flexibility index (Phi) is 10.3. The number of hydrogen-bond acceptors (Lipinski definition) is 6. The van der Waals surface area contributed by atoms with Gasteiger partial charge in [0.25, 0.3) is 0 Å². The van der Waals surface area contributed by atoms with Crippen molar-refractivity contribution in [3.8, 4) is 0 Å². The van der Waals surface area contributed by atoms with E-state index in [1.54, 1.807) is 11.3 Å². The number of nitrogens with one attached hydrogen (secondary N) is 2. The fourth-order valence-corrected chi connectivity index (χ4v) is 4.23. The van der Waals surface area contributed by atoms with Gasteiger partial charge in [-0.1, -0.05) is 6.07 Å². The lowest BCUT2D eigenvalue weighted by Crippen LogP contribution is -2.45. The van der Waals surface area contributed by atoms with Crippen LogP contribution in [0.4, 0.5) is 5.82 Å². The lowest BCUT2D eigenvalue weighted by molar-refractivity contribution is 0.312. The van der Waals surface area contributed by atoms with Crippen LogP contribution in [0.15, 0.2) is 23.3 Å². The third kappa shape index (κ3) is 7.05. The monoisotopic (exact) mass is 543 g/mol. The molecule has 3 heterocycles. The van der Waals surface area contributed by atoms with E-state index in [1.807, 2.05) is 12.3 Å². The van der Waals surface area contributed by atoms with E-state index in [0.717, 1.165) is 63.2 Å². The molecule has 1 aliphatic heterocycles. The molecule has 166 valence electrons. The van der Waals surface area contributed by atoms with Gasteiger partial charge < -0.3 is 20.4 Å². The summed E-state index contributed by atoms with van der Waals surface area (Å²) in [4.78, 5) is 20.1. The third-order valence-corrected chi connectivity index (χ3v) is 6.26. The largest absolute Gasteiger partial charge is 0.357 e. The summed E-state index contributed by atoms with van der Waals surface area (Å²) < 4.78 is 0. The predicted molar refractivity (Wildman–Crippen MR) is 137 cm³/mol. The van der Waals surface area contributed by atoms with Gasteiger partial charge in [0.2, 0.25) is 0 Å². The number of thiazole rings is 1. The smallest absolute Gasteiger partial charge is 0.191 e. The third-order valence-electron chi connectivity index (χ3n) is 5.13. The first-order valence-corrected chi connectivity index (χ1v) is 11.2. The van der Waals surface area contributed by atoms with Crippen molar-refractivity contribution in [2.45, 2.75) is 33.7 Å². The molecule has 0 amide bonds. The van der Waals surface area contributed by atoms with Gasteiger partial charge in [-0.2, -0.15) is 0 Å². The zero-order valence-electron chi connectivity index (χ0n) is 18.4. The number of hydrogen-bond donors (Lipinski definition) is 2. The maximum atomic E-state index is 4.81. The highest BCUT2D eigenvalue weighted by molar-refractivity contribution is 14.0. The van der Waals surface area contributed by atoms with Crippen molar-refractivity contribution in [1.82, 2.24) is 25.5 Å². The Morgan fingerprint density at radius 2 is 1.97 bits per heavy atom.